The van der Waals surface area contributed by atoms with Gasteiger partial charge in [0.05, 0.1) is 36.6 Å². The second kappa shape index (κ2) is 15.0. The molecule has 53 heavy (non-hydrogen) atoms. The van der Waals surface area contributed by atoms with Crippen LogP contribution < -0.4 is 11.1 Å². The van der Waals surface area contributed by atoms with Crippen LogP contribution in [0.15, 0.2) is 23.5 Å². The van der Waals surface area contributed by atoms with Crippen molar-refractivity contribution in [1.82, 2.24) is 5.32 Å². The summed E-state index contributed by atoms with van der Waals surface area (Å²) in [6.45, 7) is 0.351. The highest BCUT2D eigenvalue weighted by atomic mass is 16.7. The van der Waals surface area contributed by atoms with E-state index in [9.17, 15) is 40.2 Å². The highest BCUT2D eigenvalue weighted by Crippen LogP contribution is 2.63. The van der Waals surface area contributed by atoms with Crippen molar-refractivity contribution in [2.45, 2.75) is 139 Å². The van der Waals surface area contributed by atoms with Gasteiger partial charge in [-0.15, -0.1) is 0 Å². The van der Waals surface area contributed by atoms with E-state index in [0.717, 1.165) is 76.3 Å². The zero-order valence-corrected chi connectivity index (χ0v) is 30.9. The average Bonchev–Trinajstić information content (AvgIpc) is 3.57. The van der Waals surface area contributed by atoms with Gasteiger partial charge in [0.25, 0.3) is 0 Å². The third-order valence-corrected chi connectivity index (χ3v) is 15.6. The van der Waals surface area contributed by atoms with Gasteiger partial charge >= 0.3 is 0 Å². The molecule has 0 aromatic carbocycles. The molecule has 2 heterocycles. The fraction of sp³-hybridized carbons (Fsp3) is 0.854. The van der Waals surface area contributed by atoms with Gasteiger partial charge < -0.3 is 51.2 Å². The molecular formula is C41H62N2O10. The zero-order valence-electron chi connectivity index (χ0n) is 30.9. The summed E-state index contributed by atoms with van der Waals surface area (Å²) in [5.41, 5.74) is 4.87. The summed E-state index contributed by atoms with van der Waals surface area (Å²) >= 11 is 0. The molecule has 8 unspecified atom stereocenters. The third kappa shape index (κ3) is 6.59. The van der Waals surface area contributed by atoms with Gasteiger partial charge in [-0.2, -0.15) is 0 Å². The molecule has 2 aliphatic heterocycles. The molecule has 5 saturated carbocycles. The van der Waals surface area contributed by atoms with Crippen molar-refractivity contribution in [3.63, 3.8) is 0 Å². The van der Waals surface area contributed by atoms with E-state index >= 15 is 0 Å². The van der Waals surface area contributed by atoms with Crippen molar-refractivity contribution in [2.75, 3.05) is 19.8 Å². The molecule has 0 spiro atoms. The van der Waals surface area contributed by atoms with Crippen molar-refractivity contribution in [3.8, 4) is 0 Å². The Labute approximate surface area is 312 Å². The standard InChI is InChI=1S/C41H62N2O10/c42-32-16-28-24(17-43-32)9-10-25-6-3-11-40(25,28)20-41(51)37(49)31(19-45)53-39(38(41)50)52-30-8-2-7-26-34(30)36(48)33-27(35(26)47)14-23(15-29(33)46)13-21-4-1-5-22(12-21)18-44/h14-15,21-22,24-28,30-34,37-39,43-46,49-51H,1-13,16-20,42H2/t21?,22?,24?,25-,26?,27-,28?,30?,31-,32?,33+,34?,37-,38+,39+,40+,41+/m1/s1. The van der Waals surface area contributed by atoms with Crippen LogP contribution in [-0.4, -0.2) is 104 Å². The van der Waals surface area contributed by atoms with E-state index < -0.39 is 66.6 Å². The summed E-state index contributed by atoms with van der Waals surface area (Å²) < 4.78 is 12.5. The van der Waals surface area contributed by atoms with Crippen LogP contribution >= 0.6 is 0 Å². The van der Waals surface area contributed by atoms with Crippen LogP contribution in [0, 0.1) is 58.7 Å². The molecule has 0 radical (unpaired) electrons. The Morgan fingerprint density at radius 1 is 0.925 bits per heavy atom. The smallest absolute Gasteiger partial charge is 0.187 e. The number of fused-ring (bicyclic) bond motifs is 5. The van der Waals surface area contributed by atoms with Gasteiger partial charge in [0.1, 0.15) is 35.5 Å². The average molecular weight is 743 g/mol. The molecule has 0 amide bonds. The Balaban J connectivity index is 1.02. The lowest BCUT2D eigenvalue weighted by molar-refractivity contribution is -0.351. The lowest BCUT2D eigenvalue weighted by Crippen LogP contribution is -2.70. The number of carbonyl (C=O) groups excluding carboxylic acids is 2. The predicted octanol–water partition coefficient (Wildman–Crippen LogP) is 2.39. The molecule has 0 aromatic heterocycles. The SMILES string of the molecule is NC1CC2C(CC[C@H]3CCC[C@@]23C[C@]2(O)[C@H](O)[C@@H](CO)O[C@H](OC3CCCC4C(=O)[C@@H]5C=C(CC6CCCC(CO)C6)C=C(O)[C@H]5C(=O)C34)[C@@H]2O)CN1. The molecule has 8 rings (SSSR count). The van der Waals surface area contributed by atoms with Gasteiger partial charge in [0, 0.05) is 12.5 Å². The number of aliphatic hydroxyl groups is 6. The van der Waals surface area contributed by atoms with Crippen LogP contribution in [0.4, 0.5) is 0 Å². The number of aliphatic hydroxyl groups excluding tert-OH is 5. The Kier molecular flexibility index (Phi) is 10.8. The minimum Gasteiger partial charge on any atom is -0.512 e. The number of ether oxygens (including phenoxy) is 2. The molecule has 7 fully saturated rings. The van der Waals surface area contributed by atoms with Gasteiger partial charge in [-0.25, -0.2) is 0 Å². The van der Waals surface area contributed by atoms with E-state index in [0.29, 0.717) is 43.4 Å². The van der Waals surface area contributed by atoms with Gasteiger partial charge in [0.2, 0.25) is 0 Å². The molecule has 6 aliphatic carbocycles. The fourth-order valence-electron chi connectivity index (χ4n) is 13.2. The summed E-state index contributed by atoms with van der Waals surface area (Å²) in [6, 6.07) is 0. The lowest BCUT2D eigenvalue weighted by Gasteiger charge is -2.58. The molecule has 2 saturated heterocycles. The van der Waals surface area contributed by atoms with Crippen LogP contribution in [0.3, 0.4) is 0 Å². The number of piperidine rings is 1. The number of rotatable bonds is 8. The minimum absolute atomic E-state index is 0.0920. The molecule has 12 nitrogen and oxygen atoms in total. The first-order valence-electron chi connectivity index (χ1n) is 20.8. The Morgan fingerprint density at radius 3 is 2.51 bits per heavy atom. The number of ketones is 2. The highest BCUT2D eigenvalue weighted by Gasteiger charge is 2.64. The summed E-state index contributed by atoms with van der Waals surface area (Å²) in [5, 5.41) is 71.0. The van der Waals surface area contributed by atoms with Gasteiger partial charge in [-0.05, 0) is 124 Å². The minimum atomic E-state index is -2.07. The lowest BCUT2D eigenvalue weighted by atomic mass is 9.51. The molecular weight excluding hydrogens is 680 g/mol. The van der Waals surface area contributed by atoms with Crippen LogP contribution in [0.1, 0.15) is 96.3 Å². The second-order valence-electron chi connectivity index (χ2n) is 18.4. The molecule has 8 aliphatic rings. The molecule has 296 valence electrons. The number of hydrogen-bond acceptors (Lipinski definition) is 12. The van der Waals surface area contributed by atoms with E-state index in [1.165, 1.54) is 0 Å². The van der Waals surface area contributed by atoms with Crippen LogP contribution in [0.2, 0.25) is 0 Å². The predicted molar refractivity (Wildman–Crippen MR) is 193 cm³/mol. The van der Waals surface area contributed by atoms with Gasteiger partial charge in [-0.1, -0.05) is 31.8 Å². The first-order valence-corrected chi connectivity index (χ1v) is 20.8. The number of nitrogens with one attached hydrogen (secondary N) is 1. The number of nitrogens with two attached hydrogens (primary N) is 1. The molecule has 0 bridgehead atoms. The van der Waals surface area contributed by atoms with E-state index in [1.54, 1.807) is 6.08 Å². The van der Waals surface area contributed by atoms with Gasteiger partial charge in [0.15, 0.2) is 12.1 Å². The number of hydrogen-bond donors (Lipinski definition) is 8. The Hall–Kier alpha value is -1.74. The van der Waals surface area contributed by atoms with Crippen molar-refractivity contribution in [1.29, 1.82) is 0 Å². The van der Waals surface area contributed by atoms with Crippen molar-refractivity contribution in [2.24, 2.45) is 64.4 Å². The summed E-state index contributed by atoms with van der Waals surface area (Å²) in [5.74, 6) is -2.21. The molecule has 0 aromatic rings. The number of carbonyl (C=O) groups is 2. The first-order chi connectivity index (χ1) is 25.5. The van der Waals surface area contributed by atoms with Crippen molar-refractivity contribution in [3.05, 3.63) is 23.5 Å². The fourth-order valence-corrected chi connectivity index (χ4v) is 13.2. The maximum atomic E-state index is 14.4. The number of Topliss-reactive ketones (excluding diaryl/α,β-unsaturated/α-hetero) is 2. The monoisotopic (exact) mass is 742 g/mol. The highest BCUT2D eigenvalue weighted by molar-refractivity contribution is 6.02. The molecule has 9 N–H and O–H groups in total. The molecule has 12 heteroatoms. The third-order valence-electron chi connectivity index (χ3n) is 15.6. The Bertz CT molecular complexity index is 1460. The largest absolute Gasteiger partial charge is 0.512 e. The van der Waals surface area contributed by atoms with Crippen LogP contribution in [0.25, 0.3) is 0 Å². The van der Waals surface area contributed by atoms with Crippen molar-refractivity contribution < 1.29 is 49.7 Å². The normalized spacial score (nSPS) is 50.0. The summed E-state index contributed by atoms with van der Waals surface area (Å²) in [7, 11) is 0. The van der Waals surface area contributed by atoms with E-state index in [2.05, 4.69) is 5.32 Å². The second-order valence-corrected chi connectivity index (χ2v) is 18.4. The van der Waals surface area contributed by atoms with Crippen LogP contribution in [-0.2, 0) is 19.1 Å². The van der Waals surface area contributed by atoms with Gasteiger partial charge in [-0.3, -0.25) is 9.59 Å². The zero-order chi connectivity index (χ0) is 37.2. The summed E-state index contributed by atoms with van der Waals surface area (Å²) in [6.07, 6.45) is 8.55. The quantitative estimate of drug-likeness (QED) is 0.180. The van der Waals surface area contributed by atoms with Crippen molar-refractivity contribution >= 4 is 11.6 Å². The Morgan fingerprint density at radius 2 is 1.72 bits per heavy atom. The first kappa shape index (κ1) is 38.1. The maximum absolute atomic E-state index is 14.4. The maximum Gasteiger partial charge on any atom is 0.187 e. The van der Waals surface area contributed by atoms with E-state index in [-0.39, 0.29) is 53.8 Å². The van der Waals surface area contributed by atoms with E-state index in [4.69, 9.17) is 15.2 Å². The van der Waals surface area contributed by atoms with Crippen LogP contribution in [0.5, 0.6) is 0 Å². The van der Waals surface area contributed by atoms with E-state index in [1.807, 2.05) is 6.08 Å². The number of allylic oxidation sites excluding steroid dienone is 4. The topological polar surface area (TPSA) is 212 Å². The summed E-state index contributed by atoms with van der Waals surface area (Å²) in [4.78, 5) is 28.6. The molecule has 17 atom stereocenters.